The molecule has 1 aliphatic heterocycles. The number of amides is 2. The van der Waals surface area contributed by atoms with Crippen LogP contribution in [0.2, 0.25) is 0 Å². The molecule has 0 fully saturated rings. The molecule has 0 saturated carbocycles. The number of fused-ring (bicyclic) bond motifs is 3. The van der Waals surface area contributed by atoms with Crippen LogP contribution in [-0.2, 0) is 38.3 Å². The zero-order valence-corrected chi connectivity index (χ0v) is 25.8. The van der Waals surface area contributed by atoms with Crippen LogP contribution in [0.1, 0.15) is 49.6 Å². The van der Waals surface area contributed by atoms with Gasteiger partial charge in [-0.15, -0.1) is 0 Å². The number of nitrogens with two attached hydrogens (primary N) is 1. The molecule has 2 amide bonds. The number of unbranched alkanes of at least 4 members (excludes halogenated alkanes) is 1. The number of aromatic nitrogens is 3. The molecule has 13 nitrogen and oxygen atoms in total. The SMILES string of the molecule is CCCCc1nc2c(N)nc3cc(CCCOCCCN4C(=O)C=CC4=O)ccc3c2n1Cc1cc(OP(=O)(O)O)ccc1O. The topological polar surface area (TPSA) is 190 Å². The number of rotatable bonds is 15. The Morgan fingerprint density at radius 3 is 2.44 bits per heavy atom. The molecule has 0 bridgehead atoms. The lowest BCUT2D eigenvalue weighted by Gasteiger charge is -2.14. The third-order valence-electron chi connectivity index (χ3n) is 7.53. The summed E-state index contributed by atoms with van der Waals surface area (Å²) in [5.41, 5.74) is 9.86. The van der Waals surface area contributed by atoms with Crippen molar-refractivity contribution in [3.63, 3.8) is 0 Å². The normalized spacial score (nSPS) is 13.5. The third kappa shape index (κ3) is 7.69. The van der Waals surface area contributed by atoms with Crippen molar-refractivity contribution >= 4 is 47.4 Å². The first-order valence-corrected chi connectivity index (χ1v) is 16.3. The Bertz CT molecular complexity index is 1800. The highest BCUT2D eigenvalue weighted by molar-refractivity contribution is 7.46. The first-order valence-electron chi connectivity index (χ1n) is 14.8. The molecule has 2 aromatic heterocycles. The van der Waals surface area contributed by atoms with E-state index in [-0.39, 0.29) is 35.7 Å². The largest absolute Gasteiger partial charge is 0.524 e. The third-order valence-corrected chi connectivity index (χ3v) is 7.98. The molecule has 0 spiro atoms. The van der Waals surface area contributed by atoms with Crippen LogP contribution >= 0.6 is 7.82 Å². The highest BCUT2D eigenvalue weighted by Gasteiger charge is 2.23. The molecule has 0 atom stereocenters. The number of phenols is 1. The van der Waals surface area contributed by atoms with E-state index in [0.29, 0.717) is 49.2 Å². The molecule has 0 saturated heterocycles. The minimum Gasteiger partial charge on any atom is -0.508 e. The van der Waals surface area contributed by atoms with E-state index in [1.165, 1.54) is 35.3 Å². The van der Waals surface area contributed by atoms with Gasteiger partial charge in [0.25, 0.3) is 11.8 Å². The number of ether oxygens (including phenoxy) is 1. The van der Waals surface area contributed by atoms with E-state index in [4.69, 9.17) is 20.0 Å². The van der Waals surface area contributed by atoms with Crippen LogP contribution in [0, 0.1) is 0 Å². The van der Waals surface area contributed by atoms with Gasteiger partial charge in [-0.3, -0.25) is 24.3 Å². The lowest BCUT2D eigenvalue weighted by atomic mass is 10.1. The molecular weight excluding hydrogens is 601 g/mol. The van der Waals surface area contributed by atoms with Crippen molar-refractivity contribution < 1.29 is 38.3 Å². The van der Waals surface area contributed by atoms with Crippen molar-refractivity contribution in [3.05, 3.63) is 65.5 Å². The van der Waals surface area contributed by atoms with Crippen molar-refractivity contribution in [2.24, 2.45) is 0 Å². The average molecular weight is 638 g/mol. The van der Waals surface area contributed by atoms with Gasteiger partial charge in [-0.05, 0) is 55.5 Å². The Morgan fingerprint density at radius 2 is 1.71 bits per heavy atom. The van der Waals surface area contributed by atoms with Gasteiger partial charge in [-0.2, -0.15) is 0 Å². The van der Waals surface area contributed by atoms with Crippen LogP contribution in [0.5, 0.6) is 11.5 Å². The number of hydrogen-bond donors (Lipinski definition) is 4. The Labute approximate surface area is 259 Å². The second-order valence-electron chi connectivity index (χ2n) is 10.9. The van der Waals surface area contributed by atoms with Gasteiger partial charge < -0.3 is 24.7 Å². The van der Waals surface area contributed by atoms with Gasteiger partial charge in [0.15, 0.2) is 5.82 Å². The molecule has 1 aliphatic rings. The first kappa shape index (κ1) is 32.1. The number of anilines is 1. The van der Waals surface area contributed by atoms with Crippen molar-refractivity contribution in [1.29, 1.82) is 0 Å². The number of aromatic hydroxyl groups is 1. The summed E-state index contributed by atoms with van der Waals surface area (Å²) in [7, 11) is -4.78. The average Bonchev–Trinajstić information content (AvgIpc) is 3.51. The number of imide groups is 1. The monoisotopic (exact) mass is 637 g/mol. The van der Waals surface area contributed by atoms with Crippen LogP contribution < -0.4 is 10.3 Å². The zero-order valence-electron chi connectivity index (χ0n) is 24.9. The number of pyridine rings is 1. The minimum absolute atomic E-state index is 0.0535. The number of benzene rings is 2. The van der Waals surface area contributed by atoms with E-state index in [1.807, 2.05) is 22.8 Å². The van der Waals surface area contributed by atoms with Gasteiger partial charge in [0.2, 0.25) is 0 Å². The van der Waals surface area contributed by atoms with E-state index in [0.717, 1.165) is 48.0 Å². The molecule has 4 aromatic rings. The van der Waals surface area contributed by atoms with Crippen molar-refractivity contribution in [2.75, 3.05) is 25.5 Å². The lowest BCUT2D eigenvalue weighted by Crippen LogP contribution is -2.31. The van der Waals surface area contributed by atoms with Gasteiger partial charge in [0.1, 0.15) is 22.8 Å². The summed E-state index contributed by atoms with van der Waals surface area (Å²) in [6, 6.07) is 10.0. The predicted molar refractivity (Wildman–Crippen MR) is 168 cm³/mol. The fraction of sp³-hybridized carbons (Fsp3) is 0.355. The minimum atomic E-state index is -4.78. The van der Waals surface area contributed by atoms with Gasteiger partial charge >= 0.3 is 7.82 Å². The molecule has 45 heavy (non-hydrogen) atoms. The van der Waals surface area contributed by atoms with Crippen LogP contribution in [0.25, 0.3) is 21.9 Å². The molecule has 0 aliphatic carbocycles. The smallest absolute Gasteiger partial charge is 0.508 e. The number of hydrogen-bond acceptors (Lipinski definition) is 9. The summed E-state index contributed by atoms with van der Waals surface area (Å²) in [6.45, 7) is 3.54. The lowest BCUT2D eigenvalue weighted by molar-refractivity contribution is -0.136. The van der Waals surface area contributed by atoms with Crippen LogP contribution in [0.15, 0.2) is 48.6 Å². The second-order valence-corrected chi connectivity index (χ2v) is 12.0. The Kier molecular flexibility index (Phi) is 9.83. The molecule has 5 rings (SSSR count). The zero-order chi connectivity index (χ0) is 32.1. The van der Waals surface area contributed by atoms with Crippen LogP contribution in [0.4, 0.5) is 5.82 Å². The number of nitrogen functional groups attached to an aromatic ring is 1. The number of carbonyl (C=O) groups excluding carboxylic acids is 2. The first-order chi connectivity index (χ1) is 21.5. The fourth-order valence-corrected chi connectivity index (χ4v) is 5.75. The quantitative estimate of drug-likeness (QED) is 0.0837. The van der Waals surface area contributed by atoms with Gasteiger partial charge in [0, 0.05) is 49.3 Å². The maximum absolute atomic E-state index is 11.6. The maximum atomic E-state index is 11.6. The Hall–Kier alpha value is -4.29. The Morgan fingerprint density at radius 1 is 0.956 bits per heavy atom. The summed E-state index contributed by atoms with van der Waals surface area (Å²) < 4.78 is 23.8. The molecule has 2 aromatic carbocycles. The van der Waals surface area contributed by atoms with E-state index in [1.54, 1.807) is 0 Å². The number of phenolic OH excluding ortho intramolecular Hbond substituents is 1. The Balaban J connectivity index is 1.33. The molecule has 5 N–H and O–H groups in total. The van der Waals surface area contributed by atoms with E-state index >= 15 is 0 Å². The number of nitrogens with zero attached hydrogens (tertiary/aromatic N) is 4. The predicted octanol–water partition coefficient (Wildman–Crippen LogP) is 4.00. The molecule has 0 unspecified atom stereocenters. The summed E-state index contributed by atoms with van der Waals surface area (Å²) >= 11 is 0. The fourth-order valence-electron chi connectivity index (χ4n) is 5.36. The van der Waals surface area contributed by atoms with Gasteiger partial charge in [-0.1, -0.05) is 25.5 Å². The number of phosphoric acid groups is 1. The van der Waals surface area contributed by atoms with E-state index in [2.05, 4.69) is 11.9 Å². The number of aryl methyl sites for hydroxylation is 2. The molecule has 238 valence electrons. The summed E-state index contributed by atoms with van der Waals surface area (Å²) in [5.74, 6) is 0.338. The highest BCUT2D eigenvalue weighted by atomic mass is 31.2. The van der Waals surface area contributed by atoms with Crippen molar-refractivity contribution in [2.45, 2.75) is 52.0 Å². The van der Waals surface area contributed by atoms with Gasteiger partial charge in [-0.25, -0.2) is 14.5 Å². The number of carbonyl (C=O) groups is 2. The molecule has 14 heteroatoms. The summed E-state index contributed by atoms with van der Waals surface area (Å²) in [6.07, 6.45) is 7.10. The van der Waals surface area contributed by atoms with Gasteiger partial charge in [0.05, 0.1) is 17.6 Å². The van der Waals surface area contributed by atoms with Crippen molar-refractivity contribution in [1.82, 2.24) is 19.4 Å². The molecule has 0 radical (unpaired) electrons. The van der Waals surface area contributed by atoms with Crippen LogP contribution in [0.3, 0.4) is 0 Å². The highest BCUT2D eigenvalue weighted by Crippen LogP contribution is 2.39. The number of imidazole rings is 1. The van der Waals surface area contributed by atoms with Crippen molar-refractivity contribution in [3.8, 4) is 11.5 Å². The summed E-state index contributed by atoms with van der Waals surface area (Å²) in [4.78, 5) is 52.4. The molecular formula is C31H36N5O8P. The number of phosphoric ester groups is 1. The maximum Gasteiger partial charge on any atom is 0.524 e. The molecule has 3 heterocycles. The van der Waals surface area contributed by atoms with Crippen LogP contribution in [-0.4, -0.2) is 65.9 Å². The second kappa shape index (κ2) is 13.8. The standard InChI is InChI=1S/C31H36N5O8P/c1-2-3-7-26-34-29-30(36(26)19-21-18-22(9-11-25(21)37)44-45(40,41)42)23-10-8-20(17-24(23)33-31(29)32)6-4-15-43-16-5-14-35-27(38)12-13-28(35)39/h8-13,17-18,37H,2-7,14-16,19H2,1H3,(H2,32,33)(H2,40,41,42). The van der Waals surface area contributed by atoms with E-state index in [9.17, 15) is 29.0 Å². The summed E-state index contributed by atoms with van der Waals surface area (Å²) in [5, 5.41) is 11.5. The van der Waals surface area contributed by atoms with E-state index < -0.39 is 7.82 Å².